The summed E-state index contributed by atoms with van der Waals surface area (Å²) in [5.41, 5.74) is 3.08. The van der Waals surface area contributed by atoms with Crippen LogP contribution in [-0.4, -0.2) is 61.3 Å². The first-order chi connectivity index (χ1) is 18.6. The van der Waals surface area contributed by atoms with Crippen LogP contribution in [0.4, 0.5) is 0 Å². The van der Waals surface area contributed by atoms with Crippen LogP contribution in [-0.2, 0) is 24.2 Å². The molecule has 9 nitrogen and oxygen atoms in total. The van der Waals surface area contributed by atoms with Gasteiger partial charge in [0.25, 0.3) is 0 Å². The van der Waals surface area contributed by atoms with Crippen molar-refractivity contribution < 1.29 is 9.47 Å². The van der Waals surface area contributed by atoms with Crippen molar-refractivity contribution in [3.63, 3.8) is 0 Å². The standard InChI is InChI=1S/C28H28ClN7O2/c29-20-3-1-19(2-4-20)15-25-31-11-7-27(34-25)38-22-8-12-35(13-9-22)18-26-33-24-6-5-21(16-30)32-28(24)36(26)17-23-10-14-37-23/h1-7,11,22-23H,8-10,12-15,17-18H2/t23-/m0/s1. The van der Waals surface area contributed by atoms with Crippen molar-refractivity contribution in [2.75, 3.05) is 19.7 Å². The average molecular weight is 530 g/mol. The van der Waals surface area contributed by atoms with E-state index in [9.17, 15) is 5.26 Å². The van der Waals surface area contributed by atoms with Crippen LogP contribution in [0.2, 0.25) is 5.02 Å². The summed E-state index contributed by atoms with van der Waals surface area (Å²) in [7, 11) is 0. The molecule has 2 saturated heterocycles. The molecule has 5 heterocycles. The Bertz CT molecular complexity index is 1450. The van der Waals surface area contributed by atoms with Gasteiger partial charge in [-0.15, -0.1) is 0 Å². The van der Waals surface area contributed by atoms with E-state index in [1.807, 2.05) is 36.4 Å². The molecular weight excluding hydrogens is 502 g/mol. The third-order valence-electron chi connectivity index (χ3n) is 7.11. The minimum absolute atomic E-state index is 0.103. The van der Waals surface area contributed by atoms with Crippen LogP contribution in [0.15, 0.2) is 48.7 Å². The number of benzene rings is 1. The Balaban J connectivity index is 1.08. The highest BCUT2D eigenvalue weighted by Crippen LogP contribution is 2.23. The fraction of sp³-hybridized carbons (Fsp3) is 0.393. The highest BCUT2D eigenvalue weighted by atomic mass is 35.5. The van der Waals surface area contributed by atoms with Gasteiger partial charge in [0, 0.05) is 43.4 Å². The van der Waals surface area contributed by atoms with Crippen molar-refractivity contribution in [2.45, 2.75) is 51.0 Å². The molecule has 0 bridgehead atoms. The van der Waals surface area contributed by atoms with Gasteiger partial charge < -0.3 is 14.0 Å². The lowest BCUT2D eigenvalue weighted by atomic mass is 10.1. The molecule has 1 aromatic carbocycles. The molecular formula is C28H28ClN7O2. The number of hydrogen-bond donors (Lipinski definition) is 0. The van der Waals surface area contributed by atoms with E-state index in [1.165, 1.54) is 0 Å². The van der Waals surface area contributed by atoms with E-state index in [-0.39, 0.29) is 12.2 Å². The van der Waals surface area contributed by atoms with E-state index in [1.54, 1.807) is 12.3 Å². The molecule has 1 atom stereocenters. The summed E-state index contributed by atoms with van der Waals surface area (Å²) in [6, 6.07) is 15.3. The fourth-order valence-electron chi connectivity index (χ4n) is 4.93. The Morgan fingerprint density at radius 2 is 1.84 bits per heavy atom. The average Bonchev–Trinajstić information content (AvgIpc) is 3.24. The zero-order valence-corrected chi connectivity index (χ0v) is 21.7. The molecule has 2 aliphatic heterocycles. The molecule has 0 aliphatic carbocycles. The number of nitriles is 1. The number of piperidine rings is 1. The second kappa shape index (κ2) is 11.0. The van der Waals surface area contributed by atoms with Gasteiger partial charge in [-0.1, -0.05) is 23.7 Å². The first-order valence-corrected chi connectivity index (χ1v) is 13.3. The molecule has 4 aromatic rings. The topological polar surface area (TPSA) is 102 Å². The van der Waals surface area contributed by atoms with Gasteiger partial charge in [0.2, 0.25) is 5.88 Å². The van der Waals surface area contributed by atoms with Crippen LogP contribution in [0.1, 0.15) is 42.2 Å². The predicted molar refractivity (Wildman–Crippen MR) is 142 cm³/mol. The summed E-state index contributed by atoms with van der Waals surface area (Å²) in [4.78, 5) is 20.8. The number of nitrogens with zero attached hydrogens (tertiary/aromatic N) is 7. The second-order valence-corrected chi connectivity index (χ2v) is 10.2. The monoisotopic (exact) mass is 529 g/mol. The van der Waals surface area contributed by atoms with Gasteiger partial charge in [0.15, 0.2) is 5.65 Å². The Hall–Kier alpha value is -3.58. The van der Waals surface area contributed by atoms with E-state index in [2.05, 4.69) is 30.5 Å². The maximum Gasteiger partial charge on any atom is 0.216 e. The highest BCUT2D eigenvalue weighted by molar-refractivity contribution is 6.30. The lowest BCUT2D eigenvalue weighted by Crippen LogP contribution is -2.39. The predicted octanol–water partition coefficient (Wildman–Crippen LogP) is 4.17. The van der Waals surface area contributed by atoms with Crippen LogP contribution in [0.3, 0.4) is 0 Å². The van der Waals surface area contributed by atoms with Crippen LogP contribution >= 0.6 is 11.6 Å². The summed E-state index contributed by atoms with van der Waals surface area (Å²) < 4.78 is 14.1. The Morgan fingerprint density at radius 3 is 2.58 bits per heavy atom. The maximum atomic E-state index is 9.32. The van der Waals surface area contributed by atoms with Gasteiger partial charge in [-0.2, -0.15) is 10.2 Å². The van der Waals surface area contributed by atoms with Gasteiger partial charge in [-0.25, -0.2) is 15.0 Å². The smallest absolute Gasteiger partial charge is 0.216 e. The number of ether oxygens (including phenoxy) is 2. The molecule has 0 radical (unpaired) electrons. The summed E-state index contributed by atoms with van der Waals surface area (Å²) in [5.74, 6) is 2.30. The molecule has 3 aromatic heterocycles. The molecule has 6 rings (SSSR count). The number of imidazole rings is 1. The lowest BCUT2D eigenvalue weighted by Gasteiger charge is -2.32. The van der Waals surface area contributed by atoms with Crippen LogP contribution in [0.5, 0.6) is 5.88 Å². The number of rotatable bonds is 8. The molecule has 0 amide bonds. The van der Waals surface area contributed by atoms with Gasteiger partial charge in [0.05, 0.1) is 19.2 Å². The van der Waals surface area contributed by atoms with Crippen molar-refractivity contribution in [1.29, 1.82) is 5.26 Å². The largest absolute Gasteiger partial charge is 0.474 e. The van der Waals surface area contributed by atoms with Crippen molar-refractivity contribution in [2.24, 2.45) is 0 Å². The zero-order valence-electron chi connectivity index (χ0n) is 21.0. The van der Waals surface area contributed by atoms with Crippen LogP contribution < -0.4 is 4.74 Å². The van der Waals surface area contributed by atoms with E-state index in [0.29, 0.717) is 29.6 Å². The number of fused-ring (bicyclic) bond motifs is 1. The molecule has 2 aliphatic rings. The normalized spacial score (nSPS) is 18.3. The molecule has 10 heteroatoms. The van der Waals surface area contributed by atoms with E-state index >= 15 is 0 Å². The van der Waals surface area contributed by atoms with Crippen LogP contribution in [0, 0.1) is 11.3 Å². The molecule has 0 N–H and O–H groups in total. The molecule has 0 spiro atoms. The molecule has 194 valence electrons. The summed E-state index contributed by atoms with van der Waals surface area (Å²) >= 11 is 5.99. The van der Waals surface area contributed by atoms with E-state index in [0.717, 1.165) is 73.9 Å². The fourth-order valence-corrected chi connectivity index (χ4v) is 5.05. The van der Waals surface area contributed by atoms with Crippen molar-refractivity contribution >= 4 is 22.8 Å². The van der Waals surface area contributed by atoms with Gasteiger partial charge in [0.1, 0.15) is 35.0 Å². The summed E-state index contributed by atoms with van der Waals surface area (Å²) in [6.07, 6.45) is 5.50. The Morgan fingerprint density at radius 1 is 1.03 bits per heavy atom. The van der Waals surface area contributed by atoms with Crippen LogP contribution in [0.25, 0.3) is 11.2 Å². The molecule has 2 fully saturated rings. The summed E-state index contributed by atoms with van der Waals surface area (Å²) in [6.45, 7) is 4.02. The SMILES string of the molecule is N#Cc1ccc2nc(CN3CCC(Oc4ccnc(Cc5ccc(Cl)cc5)n4)CC3)n(C[C@@H]3CCO3)c2n1. The van der Waals surface area contributed by atoms with Gasteiger partial charge >= 0.3 is 0 Å². The number of likely N-dealkylation sites (tertiary alicyclic amines) is 1. The summed E-state index contributed by atoms with van der Waals surface area (Å²) in [5, 5.41) is 10.0. The minimum atomic E-state index is 0.103. The first kappa shape index (κ1) is 24.7. The van der Waals surface area contributed by atoms with Crippen molar-refractivity contribution in [3.8, 4) is 11.9 Å². The quantitative estimate of drug-likeness (QED) is 0.335. The highest BCUT2D eigenvalue weighted by Gasteiger charge is 2.26. The second-order valence-electron chi connectivity index (χ2n) is 9.78. The Kier molecular flexibility index (Phi) is 7.18. The van der Waals surface area contributed by atoms with E-state index < -0.39 is 0 Å². The van der Waals surface area contributed by atoms with Gasteiger partial charge in [-0.3, -0.25) is 4.90 Å². The third kappa shape index (κ3) is 5.63. The molecule has 0 unspecified atom stereocenters. The molecule has 38 heavy (non-hydrogen) atoms. The van der Waals surface area contributed by atoms with Crippen molar-refractivity contribution in [3.05, 3.63) is 76.6 Å². The number of hydrogen-bond acceptors (Lipinski definition) is 8. The third-order valence-corrected chi connectivity index (χ3v) is 7.36. The molecule has 0 saturated carbocycles. The minimum Gasteiger partial charge on any atom is -0.474 e. The lowest BCUT2D eigenvalue weighted by molar-refractivity contribution is -0.0593. The maximum absolute atomic E-state index is 9.32. The Labute approximate surface area is 226 Å². The zero-order chi connectivity index (χ0) is 25.9. The number of halogens is 1. The number of aromatic nitrogens is 5. The van der Waals surface area contributed by atoms with E-state index in [4.69, 9.17) is 26.1 Å². The number of pyridine rings is 1. The van der Waals surface area contributed by atoms with Gasteiger partial charge in [-0.05, 0) is 49.1 Å². The van der Waals surface area contributed by atoms with Crippen molar-refractivity contribution in [1.82, 2.24) is 29.4 Å². The first-order valence-electron chi connectivity index (χ1n) is 13.0.